The Balaban J connectivity index is 0.000000172. The van der Waals surface area contributed by atoms with Gasteiger partial charge in [0.25, 0.3) is 0 Å². The van der Waals surface area contributed by atoms with E-state index in [0.717, 1.165) is 11.1 Å². The Kier molecular flexibility index (Phi) is 9.89. The zero-order valence-electron chi connectivity index (χ0n) is 32.7. The number of amides is 2. The van der Waals surface area contributed by atoms with Gasteiger partial charge in [0.1, 0.15) is 33.8 Å². The third-order valence-electron chi connectivity index (χ3n) is 10.3. The SMILES string of the molecule is COC(=O)C1Cc2cc3c(nnn3C3CN(C(=O)OC(C)(C)C)C3)c(F)c2C1.COC(=O)C1Cc2cc3nn(C4CN(C(=O)OC(C)(C)C)C4)nc3c(F)c2C1. The summed E-state index contributed by atoms with van der Waals surface area (Å²) in [5, 5.41) is 16.8. The van der Waals surface area contributed by atoms with Crippen LogP contribution < -0.4 is 0 Å². The van der Waals surface area contributed by atoms with E-state index in [4.69, 9.17) is 18.9 Å². The number of carbonyl (C=O) groups excluding carboxylic acids is 4. The Bertz CT molecular complexity index is 2210. The molecule has 2 atom stereocenters. The lowest BCUT2D eigenvalue weighted by molar-refractivity contribution is -0.145. The molecule has 2 unspecified atom stereocenters. The van der Waals surface area contributed by atoms with E-state index in [9.17, 15) is 28.0 Å². The van der Waals surface area contributed by atoms with Crippen LogP contribution >= 0.6 is 0 Å². The molecule has 2 fully saturated rings. The second-order valence-electron chi connectivity index (χ2n) is 16.8. The number of fused-ring (bicyclic) bond motifs is 4. The third-order valence-corrected chi connectivity index (χ3v) is 10.3. The number of esters is 2. The summed E-state index contributed by atoms with van der Waals surface area (Å²) in [5.74, 6) is -2.23. The van der Waals surface area contributed by atoms with Gasteiger partial charge in [-0.25, -0.2) is 23.1 Å². The van der Waals surface area contributed by atoms with Crippen LogP contribution in [0.5, 0.6) is 0 Å². The number of benzene rings is 2. The lowest BCUT2D eigenvalue weighted by Crippen LogP contribution is -2.52. The van der Waals surface area contributed by atoms with Gasteiger partial charge in [0, 0.05) is 13.1 Å². The summed E-state index contributed by atoms with van der Waals surface area (Å²) in [7, 11) is 2.67. The van der Waals surface area contributed by atoms with E-state index in [-0.39, 0.29) is 59.1 Å². The molecule has 0 N–H and O–H groups in total. The van der Waals surface area contributed by atoms with Gasteiger partial charge >= 0.3 is 24.1 Å². The molecule has 4 heterocycles. The molecular formula is C38H46F2N8O8. The fraction of sp³-hybridized carbons (Fsp3) is 0.579. The van der Waals surface area contributed by atoms with Gasteiger partial charge in [0.15, 0.2) is 11.6 Å². The molecular weight excluding hydrogens is 734 g/mol. The van der Waals surface area contributed by atoms with Crippen molar-refractivity contribution in [3.8, 4) is 0 Å². The minimum Gasteiger partial charge on any atom is -0.469 e. The van der Waals surface area contributed by atoms with Crippen molar-refractivity contribution < 1.29 is 46.9 Å². The summed E-state index contributed by atoms with van der Waals surface area (Å²) in [4.78, 5) is 52.4. The van der Waals surface area contributed by atoms with Gasteiger partial charge in [-0.05, 0) is 102 Å². The fourth-order valence-electron chi connectivity index (χ4n) is 7.49. The molecule has 4 aliphatic rings. The van der Waals surface area contributed by atoms with E-state index in [1.165, 1.54) is 19.0 Å². The van der Waals surface area contributed by atoms with Gasteiger partial charge < -0.3 is 28.7 Å². The molecule has 2 aromatic carbocycles. The molecule has 0 radical (unpaired) electrons. The van der Waals surface area contributed by atoms with Crippen molar-refractivity contribution in [1.29, 1.82) is 0 Å². The summed E-state index contributed by atoms with van der Waals surface area (Å²) >= 11 is 0. The molecule has 2 amide bonds. The first-order chi connectivity index (χ1) is 26.3. The molecule has 2 aliphatic heterocycles. The van der Waals surface area contributed by atoms with E-state index in [0.29, 0.717) is 74.0 Å². The number of methoxy groups -OCH3 is 2. The molecule has 0 saturated carbocycles. The summed E-state index contributed by atoms with van der Waals surface area (Å²) in [6.07, 6.45) is 0.756. The van der Waals surface area contributed by atoms with Crippen LogP contribution in [0.4, 0.5) is 18.4 Å². The highest BCUT2D eigenvalue weighted by atomic mass is 19.1. The lowest BCUT2D eigenvalue weighted by atomic mass is 10.1. The van der Waals surface area contributed by atoms with Gasteiger partial charge in [-0.3, -0.25) is 9.59 Å². The average Bonchev–Trinajstić information content (AvgIpc) is 3.87. The molecule has 56 heavy (non-hydrogen) atoms. The van der Waals surface area contributed by atoms with Crippen molar-refractivity contribution in [3.05, 3.63) is 46.0 Å². The largest absolute Gasteiger partial charge is 0.469 e. The van der Waals surface area contributed by atoms with Crippen molar-refractivity contribution >= 4 is 46.2 Å². The maximum atomic E-state index is 14.9. The zero-order chi connectivity index (χ0) is 40.4. The number of aromatic nitrogens is 6. The topological polar surface area (TPSA) is 173 Å². The number of ether oxygens (including phenoxy) is 4. The van der Waals surface area contributed by atoms with E-state index < -0.39 is 22.8 Å². The molecule has 8 rings (SSSR count). The highest BCUT2D eigenvalue weighted by molar-refractivity contribution is 5.82. The second kappa shape index (κ2) is 14.3. The first-order valence-electron chi connectivity index (χ1n) is 18.6. The number of nitrogens with zero attached hydrogens (tertiary/aromatic N) is 8. The Labute approximate surface area is 321 Å². The third kappa shape index (κ3) is 7.44. The number of hydrogen-bond donors (Lipinski definition) is 0. The predicted molar refractivity (Wildman–Crippen MR) is 194 cm³/mol. The lowest BCUT2D eigenvalue weighted by Gasteiger charge is -2.39. The monoisotopic (exact) mass is 780 g/mol. The van der Waals surface area contributed by atoms with Crippen LogP contribution in [-0.2, 0) is 54.2 Å². The van der Waals surface area contributed by atoms with Crippen molar-refractivity contribution in [2.75, 3.05) is 40.4 Å². The highest BCUT2D eigenvalue weighted by Crippen LogP contribution is 2.36. The van der Waals surface area contributed by atoms with Crippen LogP contribution in [-0.4, -0.2) is 116 Å². The van der Waals surface area contributed by atoms with Gasteiger partial charge in [-0.1, -0.05) is 5.21 Å². The Hall–Kier alpha value is -5.42. The number of halogens is 2. The van der Waals surface area contributed by atoms with Gasteiger partial charge in [0.2, 0.25) is 0 Å². The number of hydrogen-bond acceptors (Lipinski definition) is 12. The van der Waals surface area contributed by atoms with Gasteiger partial charge in [-0.15, -0.1) is 10.2 Å². The van der Waals surface area contributed by atoms with Gasteiger partial charge in [-0.2, -0.15) is 9.90 Å². The molecule has 18 heteroatoms. The van der Waals surface area contributed by atoms with E-state index in [2.05, 4.69) is 20.5 Å². The maximum absolute atomic E-state index is 14.9. The Morgan fingerprint density at radius 2 is 1.16 bits per heavy atom. The van der Waals surface area contributed by atoms with Crippen LogP contribution in [0.15, 0.2) is 12.1 Å². The average molecular weight is 781 g/mol. The van der Waals surface area contributed by atoms with Crippen molar-refractivity contribution in [2.45, 2.75) is 90.5 Å². The standard InChI is InChI=1S/2C19H23FN4O4/c1-19(2,3)28-18(26)23-8-12(9-23)24-14-7-10-5-11(17(25)27-4)6-13(10)15(20)16(14)21-22-24;1-19(2,3)28-18(26)23-8-12(9-23)24-21-14-7-10-5-11(17(25)27-4)6-13(10)15(20)16(14)22-24/h2*7,11-12H,5-6,8-9H2,1-4H3. The minimum absolute atomic E-state index is 0.0900. The molecule has 2 saturated heterocycles. The van der Waals surface area contributed by atoms with Crippen molar-refractivity contribution in [2.24, 2.45) is 11.8 Å². The summed E-state index contributed by atoms with van der Waals surface area (Å²) in [5.41, 5.74) is 2.91. The van der Waals surface area contributed by atoms with Gasteiger partial charge in [0.05, 0.1) is 50.7 Å². The Morgan fingerprint density at radius 3 is 1.66 bits per heavy atom. The minimum atomic E-state index is -0.554. The highest BCUT2D eigenvalue weighted by Gasteiger charge is 2.39. The molecule has 4 aromatic rings. The molecule has 0 spiro atoms. The van der Waals surface area contributed by atoms with Crippen LogP contribution in [0, 0.1) is 23.5 Å². The number of carbonyl (C=O) groups is 4. The van der Waals surface area contributed by atoms with Crippen molar-refractivity contribution in [1.82, 2.24) is 39.8 Å². The number of likely N-dealkylation sites (tertiary alicyclic amines) is 2. The van der Waals surface area contributed by atoms with Crippen LogP contribution in [0.25, 0.3) is 22.1 Å². The molecule has 2 aliphatic carbocycles. The molecule has 16 nitrogen and oxygen atoms in total. The van der Waals surface area contributed by atoms with E-state index in [1.54, 1.807) is 20.5 Å². The quantitative estimate of drug-likeness (QED) is 0.210. The smallest absolute Gasteiger partial charge is 0.410 e. The van der Waals surface area contributed by atoms with Crippen LogP contribution in [0.2, 0.25) is 0 Å². The van der Waals surface area contributed by atoms with Crippen molar-refractivity contribution in [3.63, 3.8) is 0 Å². The second-order valence-corrected chi connectivity index (χ2v) is 16.8. The molecule has 0 bridgehead atoms. The first-order valence-corrected chi connectivity index (χ1v) is 18.6. The fourth-order valence-corrected chi connectivity index (χ4v) is 7.49. The first kappa shape index (κ1) is 38.8. The summed E-state index contributed by atoms with van der Waals surface area (Å²) < 4.78 is 51.8. The molecule has 2 aromatic heterocycles. The zero-order valence-corrected chi connectivity index (χ0v) is 32.7. The number of rotatable bonds is 4. The maximum Gasteiger partial charge on any atom is 0.410 e. The van der Waals surface area contributed by atoms with E-state index >= 15 is 0 Å². The molecule has 300 valence electrons. The van der Waals surface area contributed by atoms with Crippen LogP contribution in [0.3, 0.4) is 0 Å². The van der Waals surface area contributed by atoms with E-state index in [1.807, 2.05) is 47.6 Å². The predicted octanol–water partition coefficient (Wildman–Crippen LogP) is 4.50. The van der Waals surface area contributed by atoms with Crippen LogP contribution in [0.1, 0.15) is 75.9 Å². The summed E-state index contributed by atoms with van der Waals surface area (Å²) in [6.45, 7) is 12.6. The normalized spacial score (nSPS) is 19.5. The summed E-state index contributed by atoms with van der Waals surface area (Å²) in [6, 6.07) is 3.45. The Morgan fingerprint density at radius 1 is 0.679 bits per heavy atom.